The Hall–Kier alpha value is -1.63. The quantitative estimate of drug-likeness (QED) is 0.740. The molecule has 0 fully saturated rings. The van der Waals surface area contributed by atoms with Crippen molar-refractivity contribution >= 4 is 11.9 Å². The molecule has 0 aliphatic heterocycles. The van der Waals surface area contributed by atoms with Crippen molar-refractivity contribution in [2.75, 3.05) is 51.5 Å². The highest BCUT2D eigenvalue weighted by molar-refractivity contribution is 5.34. The van der Waals surface area contributed by atoms with Crippen LogP contribution in [0.5, 0.6) is 6.01 Å². The molecule has 96 valence electrons. The lowest BCUT2D eigenvalue weighted by atomic mass is 10.5. The van der Waals surface area contributed by atoms with Gasteiger partial charge in [0.05, 0.1) is 6.61 Å². The highest BCUT2D eigenvalue weighted by Crippen LogP contribution is 2.11. The molecule has 2 N–H and O–H groups in total. The lowest BCUT2D eigenvalue weighted by molar-refractivity contribution is 0.312. The van der Waals surface area contributed by atoms with Crippen molar-refractivity contribution < 1.29 is 4.74 Å². The number of nitrogens with two attached hydrogens (primary N) is 1. The van der Waals surface area contributed by atoms with Crippen LogP contribution in [0.2, 0.25) is 0 Å². The van der Waals surface area contributed by atoms with E-state index in [2.05, 4.69) is 19.9 Å². The molecular formula is C10H20N6O. The average Bonchev–Trinajstić information content (AvgIpc) is 2.25. The van der Waals surface area contributed by atoms with Crippen LogP contribution >= 0.6 is 0 Å². The van der Waals surface area contributed by atoms with Gasteiger partial charge in [-0.15, -0.1) is 0 Å². The number of aromatic nitrogens is 3. The van der Waals surface area contributed by atoms with E-state index in [-0.39, 0.29) is 12.0 Å². The first-order chi connectivity index (χ1) is 8.02. The van der Waals surface area contributed by atoms with Gasteiger partial charge in [-0.2, -0.15) is 15.0 Å². The highest BCUT2D eigenvalue weighted by atomic mass is 16.5. The molecule has 7 nitrogen and oxygen atoms in total. The molecule has 1 aromatic rings. The smallest absolute Gasteiger partial charge is 0.323 e. The fourth-order valence-corrected chi connectivity index (χ4v) is 1.18. The number of likely N-dealkylation sites (N-methyl/N-ethyl adjacent to an activating group) is 2. The highest BCUT2D eigenvalue weighted by Gasteiger charge is 2.09. The molecule has 0 aliphatic carbocycles. The fraction of sp³-hybridized carbons (Fsp3) is 0.700. The number of rotatable bonds is 6. The van der Waals surface area contributed by atoms with Crippen molar-refractivity contribution in [3.05, 3.63) is 0 Å². The third-order valence-corrected chi connectivity index (χ3v) is 2.12. The van der Waals surface area contributed by atoms with Crippen molar-refractivity contribution in [1.29, 1.82) is 0 Å². The molecule has 0 unspecified atom stereocenters. The van der Waals surface area contributed by atoms with E-state index in [1.165, 1.54) is 0 Å². The molecule has 0 amide bonds. The van der Waals surface area contributed by atoms with Gasteiger partial charge >= 0.3 is 6.01 Å². The Morgan fingerprint density at radius 2 is 1.82 bits per heavy atom. The third-order valence-electron chi connectivity index (χ3n) is 2.12. The molecule has 0 spiro atoms. The van der Waals surface area contributed by atoms with Crippen molar-refractivity contribution in [3.8, 4) is 6.01 Å². The van der Waals surface area contributed by atoms with Crippen LogP contribution in [0.1, 0.15) is 6.92 Å². The monoisotopic (exact) mass is 240 g/mol. The zero-order valence-electron chi connectivity index (χ0n) is 10.8. The van der Waals surface area contributed by atoms with Crippen LogP contribution in [-0.4, -0.2) is 60.7 Å². The van der Waals surface area contributed by atoms with Crippen LogP contribution in [0.3, 0.4) is 0 Å². The Kier molecular flexibility index (Phi) is 4.89. The minimum atomic E-state index is 0.176. The van der Waals surface area contributed by atoms with E-state index in [9.17, 15) is 0 Å². The molecule has 0 aliphatic rings. The predicted molar refractivity (Wildman–Crippen MR) is 67.2 cm³/mol. The standard InChI is InChI=1S/C10H20N6O/c1-5-17-10-13-8(11)12-9(14-10)16(4)7-6-15(2)3/h5-7H2,1-4H3,(H2,11,12,13,14). The molecule has 17 heavy (non-hydrogen) atoms. The summed E-state index contributed by atoms with van der Waals surface area (Å²) < 4.78 is 5.22. The maximum absolute atomic E-state index is 5.60. The van der Waals surface area contributed by atoms with Gasteiger partial charge in [0.2, 0.25) is 11.9 Å². The SMILES string of the molecule is CCOc1nc(N)nc(N(C)CCN(C)C)n1. The van der Waals surface area contributed by atoms with E-state index >= 15 is 0 Å². The van der Waals surface area contributed by atoms with Crippen molar-refractivity contribution in [3.63, 3.8) is 0 Å². The molecule has 0 saturated heterocycles. The first-order valence-corrected chi connectivity index (χ1v) is 5.53. The molecule has 1 rings (SSSR count). The lowest BCUT2D eigenvalue weighted by Gasteiger charge is -2.19. The number of anilines is 2. The summed E-state index contributed by atoms with van der Waals surface area (Å²) in [7, 11) is 5.94. The molecule has 1 heterocycles. The van der Waals surface area contributed by atoms with E-state index in [0.717, 1.165) is 13.1 Å². The topological polar surface area (TPSA) is 80.4 Å². The summed E-state index contributed by atoms with van der Waals surface area (Å²) in [6.07, 6.45) is 0. The Bertz CT molecular complexity index is 357. The minimum absolute atomic E-state index is 0.176. The van der Waals surface area contributed by atoms with E-state index in [0.29, 0.717) is 12.6 Å². The second-order valence-electron chi connectivity index (χ2n) is 3.93. The number of hydrogen-bond acceptors (Lipinski definition) is 7. The van der Waals surface area contributed by atoms with Gasteiger partial charge in [0.1, 0.15) is 0 Å². The van der Waals surface area contributed by atoms with Crippen molar-refractivity contribution in [2.24, 2.45) is 0 Å². The molecule has 0 atom stereocenters. The van der Waals surface area contributed by atoms with Gasteiger partial charge < -0.3 is 20.3 Å². The van der Waals surface area contributed by atoms with E-state index in [4.69, 9.17) is 10.5 Å². The van der Waals surface area contributed by atoms with Gasteiger partial charge in [0.15, 0.2) is 0 Å². The Balaban J connectivity index is 2.74. The van der Waals surface area contributed by atoms with Crippen LogP contribution in [-0.2, 0) is 0 Å². The summed E-state index contributed by atoms with van der Waals surface area (Å²) in [6, 6.07) is 0.270. The maximum atomic E-state index is 5.60. The molecule has 0 radical (unpaired) electrons. The van der Waals surface area contributed by atoms with Crippen LogP contribution in [0.4, 0.5) is 11.9 Å². The largest absolute Gasteiger partial charge is 0.464 e. The molecular weight excluding hydrogens is 220 g/mol. The summed E-state index contributed by atoms with van der Waals surface area (Å²) in [5, 5.41) is 0. The van der Waals surface area contributed by atoms with Gasteiger partial charge in [-0.3, -0.25) is 0 Å². The maximum Gasteiger partial charge on any atom is 0.323 e. The normalized spacial score (nSPS) is 10.6. The van der Waals surface area contributed by atoms with Crippen LogP contribution < -0.4 is 15.4 Å². The van der Waals surface area contributed by atoms with E-state index < -0.39 is 0 Å². The van der Waals surface area contributed by atoms with Gasteiger partial charge in [-0.1, -0.05) is 0 Å². The van der Waals surface area contributed by atoms with Crippen LogP contribution in [0.15, 0.2) is 0 Å². The molecule has 0 bridgehead atoms. The number of hydrogen-bond donors (Lipinski definition) is 1. The number of nitrogen functional groups attached to an aromatic ring is 1. The predicted octanol–water partition coefficient (Wildman–Crippen LogP) is -0.150. The second-order valence-corrected chi connectivity index (χ2v) is 3.93. The first kappa shape index (κ1) is 13.4. The summed E-state index contributed by atoms with van der Waals surface area (Å²) >= 11 is 0. The van der Waals surface area contributed by atoms with Crippen LogP contribution in [0.25, 0.3) is 0 Å². The zero-order valence-corrected chi connectivity index (χ0v) is 10.8. The fourth-order valence-electron chi connectivity index (χ4n) is 1.18. The molecule has 0 aromatic carbocycles. The third kappa shape index (κ3) is 4.39. The Morgan fingerprint density at radius 1 is 1.12 bits per heavy atom. The number of nitrogens with zero attached hydrogens (tertiary/aromatic N) is 5. The Morgan fingerprint density at radius 3 is 2.41 bits per heavy atom. The molecule has 1 aromatic heterocycles. The molecule has 7 heteroatoms. The first-order valence-electron chi connectivity index (χ1n) is 5.53. The van der Waals surface area contributed by atoms with Crippen LogP contribution in [0, 0.1) is 0 Å². The van der Waals surface area contributed by atoms with Gasteiger partial charge in [0.25, 0.3) is 0 Å². The summed E-state index contributed by atoms with van der Waals surface area (Å²) in [4.78, 5) is 16.2. The van der Waals surface area contributed by atoms with E-state index in [1.807, 2.05) is 33.0 Å². The Labute approximate surface area is 102 Å². The summed E-state index contributed by atoms with van der Waals surface area (Å²) in [6.45, 7) is 4.09. The van der Waals surface area contributed by atoms with E-state index in [1.54, 1.807) is 0 Å². The zero-order chi connectivity index (χ0) is 12.8. The summed E-state index contributed by atoms with van der Waals surface area (Å²) in [5.41, 5.74) is 5.60. The average molecular weight is 240 g/mol. The lowest BCUT2D eigenvalue weighted by Crippen LogP contribution is -2.30. The number of ether oxygens (including phenoxy) is 1. The van der Waals surface area contributed by atoms with Gasteiger partial charge in [0, 0.05) is 20.1 Å². The minimum Gasteiger partial charge on any atom is -0.464 e. The summed E-state index contributed by atoms with van der Waals surface area (Å²) in [5.74, 6) is 0.706. The molecule has 0 saturated carbocycles. The van der Waals surface area contributed by atoms with Gasteiger partial charge in [-0.05, 0) is 21.0 Å². The van der Waals surface area contributed by atoms with Crippen molar-refractivity contribution in [1.82, 2.24) is 19.9 Å². The second kappa shape index (κ2) is 6.19. The van der Waals surface area contributed by atoms with Crippen molar-refractivity contribution in [2.45, 2.75) is 6.92 Å². The van der Waals surface area contributed by atoms with Gasteiger partial charge in [-0.25, -0.2) is 0 Å².